The zero-order chi connectivity index (χ0) is 17.2. The summed E-state index contributed by atoms with van der Waals surface area (Å²) in [6.07, 6.45) is 0. The summed E-state index contributed by atoms with van der Waals surface area (Å²) in [4.78, 5) is 1.45. The average molecular weight is 385 g/mol. The minimum Gasteiger partial charge on any atom is -0.126 e. The summed E-state index contributed by atoms with van der Waals surface area (Å²) >= 11 is 2.10. The zero-order valence-electron chi connectivity index (χ0n) is 16.2. The third-order valence-corrected chi connectivity index (χ3v) is 81.2. The Balaban J connectivity index is 3.06. The molecule has 0 spiro atoms. The topological polar surface area (TPSA) is 0 Å². The molecule has 0 aromatic heterocycles. The molecule has 0 aliphatic carbocycles. The second kappa shape index (κ2) is 7.13. The van der Waals surface area contributed by atoms with Crippen LogP contribution in [0.1, 0.15) is 0 Å². The number of thioether (sulfide) groups is 1. The van der Waals surface area contributed by atoms with Crippen LogP contribution in [-0.4, -0.2) is 35.2 Å². The van der Waals surface area contributed by atoms with Gasteiger partial charge in [-0.3, -0.25) is 0 Å². The Hall–Kier alpha value is 0.438. The summed E-state index contributed by atoms with van der Waals surface area (Å²) in [6, 6.07) is 12.6. The Morgan fingerprint density at radius 1 is 0.682 bits per heavy atom. The highest BCUT2D eigenvalue weighted by molar-refractivity contribution is 8.00. The van der Waals surface area contributed by atoms with Crippen LogP contribution in [-0.2, 0) is 0 Å². The van der Waals surface area contributed by atoms with E-state index in [9.17, 15) is 0 Å². The highest BCUT2D eigenvalue weighted by atomic mass is 32.2. The average Bonchev–Trinajstić information content (AvgIpc) is 2.31. The summed E-state index contributed by atoms with van der Waals surface area (Å²) < 4.78 is 0. The van der Waals surface area contributed by atoms with Gasteiger partial charge in [0.05, 0.1) is 0 Å². The van der Waals surface area contributed by atoms with Gasteiger partial charge in [0.2, 0.25) is 0 Å². The van der Waals surface area contributed by atoms with Gasteiger partial charge in [-0.05, 0) is 17.9 Å². The molecule has 0 aliphatic heterocycles. The van der Waals surface area contributed by atoms with E-state index >= 15 is 0 Å². The summed E-state index contributed by atoms with van der Waals surface area (Å²) in [5.41, 5.74) is 0. The lowest BCUT2D eigenvalue weighted by atomic mass is 10.4. The van der Waals surface area contributed by atoms with Crippen molar-refractivity contribution in [2.45, 2.75) is 69.9 Å². The van der Waals surface area contributed by atoms with E-state index in [2.05, 4.69) is 101 Å². The molecule has 0 heterocycles. The minimum atomic E-state index is -1.16. The SMILES string of the molecule is C[Si](C)(C)[Si](CCSc1ccccc1)([Si](C)(C)C)[Si](C)(C)C. The molecule has 22 heavy (non-hydrogen) atoms. The molecule has 0 amide bonds. The Labute approximate surface area is 146 Å². The fourth-order valence-corrected chi connectivity index (χ4v) is 107. The standard InChI is InChI=1S/C17H36SSi4/c1-19(2,3)22(20(4,5)6,21(7,8)9)16-15-18-17-13-11-10-12-14-17/h10-14H,15-16H2,1-9H3. The Bertz CT molecular complexity index is 430. The molecule has 0 atom stereocenters. The predicted molar refractivity (Wildman–Crippen MR) is 118 cm³/mol. The second-order valence-corrected chi connectivity index (χ2v) is 52.2. The van der Waals surface area contributed by atoms with E-state index in [1.165, 1.54) is 10.6 Å². The van der Waals surface area contributed by atoms with E-state index < -0.39 is 29.4 Å². The first-order valence-electron chi connectivity index (χ1n) is 8.51. The normalized spacial score (nSPS) is 14.2. The monoisotopic (exact) mass is 384 g/mol. The van der Waals surface area contributed by atoms with Crippen LogP contribution in [0.3, 0.4) is 0 Å². The van der Waals surface area contributed by atoms with Crippen LogP contribution < -0.4 is 0 Å². The van der Waals surface area contributed by atoms with E-state index in [0.29, 0.717) is 0 Å². The maximum atomic E-state index is 2.70. The lowest BCUT2D eigenvalue weighted by Crippen LogP contribution is -2.82. The van der Waals surface area contributed by atoms with Gasteiger partial charge in [0.15, 0.2) is 0 Å². The summed E-state index contributed by atoms with van der Waals surface area (Å²) in [5, 5.41) is 0. The van der Waals surface area contributed by atoms with Gasteiger partial charge in [-0.25, -0.2) is 0 Å². The first-order valence-corrected chi connectivity index (χ1v) is 25.2. The fourth-order valence-electron chi connectivity index (χ4n) is 5.34. The highest BCUT2D eigenvalue weighted by Crippen LogP contribution is 2.41. The van der Waals surface area contributed by atoms with Crippen molar-refractivity contribution in [3.8, 4) is 0 Å². The molecule has 0 radical (unpaired) electrons. The molecule has 1 aromatic rings. The second-order valence-electron chi connectivity index (χ2n) is 9.57. The van der Waals surface area contributed by atoms with Crippen molar-refractivity contribution >= 4 is 41.2 Å². The molecule has 0 saturated carbocycles. The van der Waals surface area contributed by atoms with Crippen molar-refractivity contribution in [2.24, 2.45) is 0 Å². The summed E-state index contributed by atoms with van der Waals surface area (Å²) in [7, 11) is -3.29. The van der Waals surface area contributed by atoms with Gasteiger partial charge in [0.1, 0.15) is 0 Å². The van der Waals surface area contributed by atoms with Crippen molar-refractivity contribution < 1.29 is 0 Å². The smallest absolute Gasteiger partial charge is 0.0382 e. The fraction of sp³-hybridized carbons (Fsp3) is 0.647. The summed E-state index contributed by atoms with van der Waals surface area (Å²) in [6.45, 7) is 23.1. The number of hydrogen-bond acceptors (Lipinski definition) is 1. The van der Waals surface area contributed by atoms with Gasteiger partial charge in [0, 0.05) is 34.3 Å². The van der Waals surface area contributed by atoms with Crippen LogP contribution in [0.15, 0.2) is 35.2 Å². The predicted octanol–water partition coefficient (Wildman–Crippen LogP) is 6.48. The van der Waals surface area contributed by atoms with Crippen LogP contribution in [0.25, 0.3) is 0 Å². The van der Waals surface area contributed by atoms with Gasteiger partial charge in [-0.1, -0.05) is 83.2 Å². The summed E-state index contributed by atoms with van der Waals surface area (Å²) in [5.74, 6) is 1.34. The van der Waals surface area contributed by atoms with Gasteiger partial charge in [-0.15, -0.1) is 11.8 Å². The molecule has 0 nitrogen and oxygen atoms in total. The lowest BCUT2D eigenvalue weighted by molar-refractivity contribution is 1.40. The van der Waals surface area contributed by atoms with Crippen LogP contribution >= 0.6 is 11.8 Å². The van der Waals surface area contributed by atoms with Crippen molar-refractivity contribution in [1.29, 1.82) is 0 Å². The lowest BCUT2D eigenvalue weighted by Gasteiger charge is -2.57. The first-order chi connectivity index (χ1) is 9.83. The maximum absolute atomic E-state index is 2.70. The van der Waals surface area contributed by atoms with Crippen molar-refractivity contribution in [3.63, 3.8) is 0 Å². The molecule has 0 fully saturated rings. The third kappa shape index (κ3) is 4.29. The molecular formula is C17H36SSi4. The molecule has 1 aromatic carbocycles. The van der Waals surface area contributed by atoms with Crippen LogP contribution in [0.2, 0.25) is 65.0 Å². The van der Waals surface area contributed by atoms with Gasteiger partial charge in [-0.2, -0.15) is 0 Å². The molecular weight excluding hydrogens is 349 g/mol. The largest absolute Gasteiger partial charge is 0.126 e. The molecule has 0 bridgehead atoms. The van der Waals surface area contributed by atoms with E-state index in [-0.39, 0.29) is 0 Å². The Kier molecular flexibility index (Phi) is 6.64. The molecule has 0 aliphatic rings. The van der Waals surface area contributed by atoms with Crippen molar-refractivity contribution in [1.82, 2.24) is 0 Å². The highest BCUT2D eigenvalue weighted by Gasteiger charge is 2.60. The molecule has 0 N–H and O–H groups in total. The maximum Gasteiger partial charge on any atom is 0.0382 e. The van der Waals surface area contributed by atoms with Crippen LogP contribution in [0.5, 0.6) is 0 Å². The van der Waals surface area contributed by atoms with Crippen molar-refractivity contribution in [3.05, 3.63) is 30.3 Å². The molecule has 0 unspecified atom stereocenters. The number of rotatable bonds is 7. The van der Waals surface area contributed by atoms with E-state index in [4.69, 9.17) is 0 Å². The van der Waals surface area contributed by atoms with Gasteiger partial charge >= 0.3 is 0 Å². The van der Waals surface area contributed by atoms with Gasteiger partial charge < -0.3 is 0 Å². The third-order valence-electron chi connectivity index (χ3n) is 5.33. The minimum absolute atomic E-state index is 1.10. The van der Waals surface area contributed by atoms with Crippen LogP contribution in [0.4, 0.5) is 0 Å². The molecule has 126 valence electrons. The Morgan fingerprint density at radius 3 is 1.45 bits per heavy atom. The van der Waals surface area contributed by atoms with Crippen LogP contribution in [0, 0.1) is 0 Å². The molecule has 1 rings (SSSR count). The zero-order valence-corrected chi connectivity index (χ0v) is 21.0. The number of hydrogen-bond donors (Lipinski definition) is 0. The molecule has 0 saturated heterocycles. The van der Waals surface area contributed by atoms with E-state index in [0.717, 1.165) is 0 Å². The van der Waals surface area contributed by atoms with E-state index in [1.807, 2.05) is 0 Å². The number of benzene rings is 1. The Morgan fingerprint density at radius 2 is 1.09 bits per heavy atom. The van der Waals surface area contributed by atoms with Crippen molar-refractivity contribution in [2.75, 3.05) is 5.75 Å². The molecule has 5 heteroatoms. The quantitative estimate of drug-likeness (QED) is 0.383. The van der Waals surface area contributed by atoms with Gasteiger partial charge in [0.25, 0.3) is 0 Å². The first kappa shape index (κ1) is 20.5. The van der Waals surface area contributed by atoms with E-state index in [1.54, 1.807) is 6.04 Å².